The number of aromatic nitrogens is 4. The van der Waals surface area contributed by atoms with Crippen molar-refractivity contribution in [2.45, 2.75) is 19.8 Å². The fraction of sp³-hybridized carbons (Fsp3) is 0.467. The summed E-state index contributed by atoms with van der Waals surface area (Å²) in [4.78, 5) is 18.4. The molecule has 0 aliphatic carbocycles. The SMILES string of the molecule is Cc1cnc(OCC2CCCN(c3ncc(F)cn3)C2)nc1. The number of anilines is 1. The van der Waals surface area contributed by atoms with E-state index >= 15 is 0 Å². The lowest BCUT2D eigenvalue weighted by molar-refractivity contribution is 0.213. The van der Waals surface area contributed by atoms with Crippen LogP contribution < -0.4 is 9.64 Å². The van der Waals surface area contributed by atoms with E-state index < -0.39 is 5.82 Å². The molecule has 7 heteroatoms. The molecule has 2 aromatic heterocycles. The lowest BCUT2D eigenvalue weighted by Crippen LogP contribution is -2.38. The largest absolute Gasteiger partial charge is 0.463 e. The van der Waals surface area contributed by atoms with Gasteiger partial charge in [-0.05, 0) is 25.3 Å². The number of ether oxygens (including phenoxy) is 1. The molecule has 0 aromatic carbocycles. The Labute approximate surface area is 128 Å². The first kappa shape index (κ1) is 14.6. The van der Waals surface area contributed by atoms with Gasteiger partial charge in [-0.2, -0.15) is 0 Å². The summed E-state index contributed by atoms with van der Waals surface area (Å²) in [6.45, 7) is 4.16. The maximum atomic E-state index is 12.9. The third-order valence-electron chi connectivity index (χ3n) is 3.61. The van der Waals surface area contributed by atoms with Crippen molar-refractivity contribution in [1.29, 1.82) is 0 Å². The maximum absolute atomic E-state index is 12.9. The highest BCUT2D eigenvalue weighted by molar-refractivity contribution is 5.29. The van der Waals surface area contributed by atoms with E-state index in [1.54, 1.807) is 12.4 Å². The summed E-state index contributed by atoms with van der Waals surface area (Å²) < 4.78 is 18.5. The Morgan fingerprint density at radius 2 is 1.91 bits per heavy atom. The lowest BCUT2D eigenvalue weighted by Gasteiger charge is -2.32. The number of aryl methyl sites for hydroxylation is 1. The highest BCUT2D eigenvalue weighted by atomic mass is 19.1. The second-order valence-electron chi connectivity index (χ2n) is 5.51. The highest BCUT2D eigenvalue weighted by Crippen LogP contribution is 2.20. The van der Waals surface area contributed by atoms with E-state index in [9.17, 15) is 4.39 Å². The highest BCUT2D eigenvalue weighted by Gasteiger charge is 2.22. The number of hydrogen-bond acceptors (Lipinski definition) is 6. The zero-order chi connectivity index (χ0) is 15.4. The van der Waals surface area contributed by atoms with Crippen LogP contribution in [0.15, 0.2) is 24.8 Å². The van der Waals surface area contributed by atoms with Crippen molar-refractivity contribution in [2.24, 2.45) is 5.92 Å². The van der Waals surface area contributed by atoms with Gasteiger partial charge in [0.1, 0.15) is 0 Å². The zero-order valence-corrected chi connectivity index (χ0v) is 12.4. The van der Waals surface area contributed by atoms with Gasteiger partial charge in [-0.15, -0.1) is 0 Å². The van der Waals surface area contributed by atoms with Crippen molar-refractivity contribution in [3.63, 3.8) is 0 Å². The van der Waals surface area contributed by atoms with Crippen LogP contribution in [0.1, 0.15) is 18.4 Å². The smallest absolute Gasteiger partial charge is 0.316 e. The molecule has 2 aromatic rings. The fourth-order valence-corrected chi connectivity index (χ4v) is 2.50. The van der Waals surface area contributed by atoms with Gasteiger partial charge in [0.05, 0.1) is 19.0 Å². The monoisotopic (exact) mass is 303 g/mol. The Morgan fingerprint density at radius 3 is 2.64 bits per heavy atom. The molecule has 0 N–H and O–H groups in total. The van der Waals surface area contributed by atoms with Gasteiger partial charge in [0, 0.05) is 31.4 Å². The van der Waals surface area contributed by atoms with Gasteiger partial charge in [0.25, 0.3) is 0 Å². The summed E-state index contributed by atoms with van der Waals surface area (Å²) in [5.74, 6) is 0.502. The van der Waals surface area contributed by atoms with Gasteiger partial charge in [0.2, 0.25) is 5.95 Å². The third kappa shape index (κ3) is 3.66. The second kappa shape index (κ2) is 6.64. The topological polar surface area (TPSA) is 64.0 Å². The standard InChI is InChI=1S/C15H18FN5O/c1-11-5-19-15(20-6-11)22-10-12-3-2-4-21(9-12)14-17-7-13(16)8-18-14/h5-8,12H,2-4,9-10H2,1H3. The first-order valence-corrected chi connectivity index (χ1v) is 7.34. The number of piperidine rings is 1. The van der Waals surface area contributed by atoms with Crippen LogP contribution >= 0.6 is 0 Å². The van der Waals surface area contributed by atoms with Crippen molar-refractivity contribution in [3.05, 3.63) is 36.2 Å². The summed E-state index contributed by atoms with van der Waals surface area (Å²) in [7, 11) is 0. The first-order valence-electron chi connectivity index (χ1n) is 7.34. The minimum Gasteiger partial charge on any atom is -0.463 e. The molecule has 0 spiro atoms. The molecule has 1 saturated heterocycles. The van der Waals surface area contributed by atoms with Gasteiger partial charge in [-0.25, -0.2) is 24.3 Å². The molecule has 0 amide bonds. The van der Waals surface area contributed by atoms with Crippen LogP contribution in [0.25, 0.3) is 0 Å². The zero-order valence-electron chi connectivity index (χ0n) is 12.4. The summed E-state index contributed by atoms with van der Waals surface area (Å²) in [6.07, 6.45) is 7.97. The van der Waals surface area contributed by atoms with Crippen LogP contribution in [0.4, 0.5) is 10.3 Å². The van der Waals surface area contributed by atoms with Crippen LogP contribution in [-0.2, 0) is 0 Å². The molecule has 0 saturated carbocycles. The molecule has 0 bridgehead atoms. The quantitative estimate of drug-likeness (QED) is 0.861. The molecule has 1 fully saturated rings. The average molecular weight is 303 g/mol. The van der Waals surface area contributed by atoms with Crippen molar-refractivity contribution in [2.75, 3.05) is 24.6 Å². The second-order valence-corrected chi connectivity index (χ2v) is 5.51. The van der Waals surface area contributed by atoms with E-state index in [4.69, 9.17) is 4.74 Å². The minimum atomic E-state index is -0.419. The molecular weight excluding hydrogens is 285 g/mol. The first-order chi connectivity index (χ1) is 10.7. The summed E-state index contributed by atoms with van der Waals surface area (Å²) in [5, 5.41) is 0. The Hall–Kier alpha value is -2.31. The molecule has 0 radical (unpaired) electrons. The summed E-state index contributed by atoms with van der Waals surface area (Å²) in [6, 6.07) is 0.403. The van der Waals surface area contributed by atoms with Crippen LogP contribution in [0.2, 0.25) is 0 Å². The number of halogens is 1. The van der Waals surface area contributed by atoms with E-state index in [1.165, 1.54) is 12.4 Å². The molecule has 6 nitrogen and oxygen atoms in total. The normalized spacial score (nSPS) is 18.3. The summed E-state index contributed by atoms with van der Waals surface area (Å²) in [5.41, 5.74) is 1.00. The Kier molecular flexibility index (Phi) is 4.41. The molecule has 1 aliphatic heterocycles. The van der Waals surface area contributed by atoms with Crippen LogP contribution in [0.3, 0.4) is 0 Å². The molecule has 1 unspecified atom stereocenters. The molecule has 1 aliphatic rings. The average Bonchev–Trinajstić information content (AvgIpc) is 2.55. The maximum Gasteiger partial charge on any atom is 0.316 e. The van der Waals surface area contributed by atoms with Crippen molar-refractivity contribution >= 4 is 5.95 Å². The van der Waals surface area contributed by atoms with E-state index in [-0.39, 0.29) is 0 Å². The lowest BCUT2D eigenvalue weighted by atomic mass is 9.99. The van der Waals surface area contributed by atoms with E-state index in [0.29, 0.717) is 24.5 Å². The van der Waals surface area contributed by atoms with Gasteiger partial charge in [-0.1, -0.05) is 0 Å². The van der Waals surface area contributed by atoms with Crippen LogP contribution in [0.5, 0.6) is 6.01 Å². The Morgan fingerprint density at radius 1 is 1.18 bits per heavy atom. The molecule has 22 heavy (non-hydrogen) atoms. The third-order valence-corrected chi connectivity index (χ3v) is 3.61. The van der Waals surface area contributed by atoms with Crippen molar-refractivity contribution in [3.8, 4) is 6.01 Å². The van der Waals surface area contributed by atoms with E-state index in [2.05, 4.69) is 24.8 Å². The van der Waals surface area contributed by atoms with E-state index in [0.717, 1.165) is 31.5 Å². The molecule has 3 rings (SSSR count). The number of nitrogens with zero attached hydrogens (tertiary/aromatic N) is 5. The number of hydrogen-bond donors (Lipinski definition) is 0. The summed E-state index contributed by atoms with van der Waals surface area (Å²) >= 11 is 0. The van der Waals surface area contributed by atoms with Crippen LogP contribution in [0, 0.1) is 18.7 Å². The Bertz CT molecular complexity index is 604. The molecule has 3 heterocycles. The Balaban J connectivity index is 1.56. The molecular formula is C15H18FN5O. The molecule has 1 atom stereocenters. The van der Waals surface area contributed by atoms with Gasteiger partial charge in [0.15, 0.2) is 5.82 Å². The predicted octanol–water partition coefficient (Wildman–Crippen LogP) is 2.01. The minimum absolute atomic E-state index is 0.354. The van der Waals surface area contributed by atoms with E-state index in [1.807, 2.05) is 6.92 Å². The van der Waals surface area contributed by atoms with Crippen LogP contribution in [-0.4, -0.2) is 39.6 Å². The molecule has 116 valence electrons. The van der Waals surface area contributed by atoms with Crippen molar-refractivity contribution in [1.82, 2.24) is 19.9 Å². The fourth-order valence-electron chi connectivity index (χ4n) is 2.50. The van der Waals surface area contributed by atoms with Gasteiger partial charge in [-0.3, -0.25) is 0 Å². The number of rotatable bonds is 4. The predicted molar refractivity (Wildman–Crippen MR) is 79.2 cm³/mol. The van der Waals surface area contributed by atoms with Gasteiger partial charge >= 0.3 is 6.01 Å². The van der Waals surface area contributed by atoms with Gasteiger partial charge < -0.3 is 9.64 Å². The van der Waals surface area contributed by atoms with Crippen molar-refractivity contribution < 1.29 is 9.13 Å².